The molecule has 0 fully saturated rings. The maximum atomic E-state index is 2.55. The normalized spacial score (nSPS) is 18.0. The zero-order valence-electron chi connectivity index (χ0n) is 19.1. The third-order valence-electron chi connectivity index (χ3n) is 5.52. The summed E-state index contributed by atoms with van der Waals surface area (Å²) in [6.45, 7) is 34.2. The second-order valence-corrected chi connectivity index (χ2v) is 13.2. The van der Waals surface area contributed by atoms with Crippen LogP contribution >= 0.6 is 0 Å². The summed E-state index contributed by atoms with van der Waals surface area (Å²) in [5, 5.41) is 0. The van der Waals surface area contributed by atoms with Gasteiger partial charge in [-0.15, -0.1) is 0 Å². The molecule has 0 aliphatic rings. The monoisotopic (exact) mass is 324 g/mol. The van der Waals surface area contributed by atoms with E-state index in [0.717, 1.165) is 0 Å². The highest BCUT2D eigenvalue weighted by Crippen LogP contribution is 2.56. The summed E-state index contributed by atoms with van der Waals surface area (Å²) in [4.78, 5) is 0. The van der Waals surface area contributed by atoms with Crippen molar-refractivity contribution in [3.63, 3.8) is 0 Å². The number of hydrogen-bond acceptors (Lipinski definition) is 0. The first-order chi connectivity index (χ1) is 9.68. The van der Waals surface area contributed by atoms with E-state index in [0.29, 0.717) is 38.9 Å². The lowest BCUT2D eigenvalue weighted by molar-refractivity contribution is -0.0537. The number of hydrogen-bond donors (Lipinski definition) is 0. The molecule has 0 aliphatic heterocycles. The molecule has 140 valence electrons. The van der Waals surface area contributed by atoms with Crippen LogP contribution < -0.4 is 0 Å². The Hall–Kier alpha value is 0. The quantitative estimate of drug-likeness (QED) is 0.488. The third-order valence-corrected chi connectivity index (χ3v) is 5.52. The van der Waals surface area contributed by atoms with Crippen LogP contribution in [0.25, 0.3) is 0 Å². The van der Waals surface area contributed by atoms with Gasteiger partial charge < -0.3 is 0 Å². The Labute approximate surface area is 149 Å². The molecular formula is C23H48. The van der Waals surface area contributed by atoms with E-state index in [2.05, 4.69) is 96.9 Å². The Morgan fingerprint density at radius 3 is 0.783 bits per heavy atom. The van der Waals surface area contributed by atoms with E-state index in [1.807, 2.05) is 0 Å². The van der Waals surface area contributed by atoms with E-state index in [9.17, 15) is 0 Å². The topological polar surface area (TPSA) is 0 Å². The molecule has 0 aliphatic carbocycles. The summed E-state index contributed by atoms with van der Waals surface area (Å²) < 4.78 is 0. The predicted octanol–water partition coefficient (Wildman–Crippen LogP) is 8.21. The molecule has 0 bridgehead atoms. The van der Waals surface area contributed by atoms with Gasteiger partial charge in [-0.05, 0) is 51.8 Å². The standard InChI is InChI=1S/C23H48/c1-19(2,3)15-17(21(7,8)9)23(13,14)18(22(10,11)12)16-20(4,5)6/h17-18H,15-16H2,1-14H3. The minimum Gasteiger partial charge on any atom is -0.0602 e. The predicted molar refractivity (Wildman–Crippen MR) is 108 cm³/mol. The first-order valence-electron chi connectivity index (χ1n) is 9.68. The molecule has 0 saturated heterocycles. The van der Waals surface area contributed by atoms with Crippen molar-refractivity contribution in [2.45, 2.75) is 110 Å². The first-order valence-corrected chi connectivity index (χ1v) is 9.68. The second kappa shape index (κ2) is 6.72. The van der Waals surface area contributed by atoms with Gasteiger partial charge in [-0.1, -0.05) is 96.9 Å². The zero-order valence-corrected chi connectivity index (χ0v) is 19.1. The lowest BCUT2D eigenvalue weighted by Gasteiger charge is -2.54. The van der Waals surface area contributed by atoms with E-state index >= 15 is 0 Å². The largest absolute Gasteiger partial charge is 0.0602 e. The molecule has 0 saturated carbocycles. The van der Waals surface area contributed by atoms with E-state index in [1.165, 1.54) is 12.8 Å². The summed E-state index contributed by atoms with van der Waals surface area (Å²) in [7, 11) is 0. The molecule has 0 radical (unpaired) electrons. The molecular weight excluding hydrogens is 276 g/mol. The Morgan fingerprint density at radius 2 is 0.652 bits per heavy atom. The van der Waals surface area contributed by atoms with Crippen molar-refractivity contribution < 1.29 is 0 Å². The first kappa shape index (κ1) is 23.0. The second-order valence-electron chi connectivity index (χ2n) is 13.2. The maximum Gasteiger partial charge on any atom is -0.0287 e. The van der Waals surface area contributed by atoms with Crippen molar-refractivity contribution in [2.75, 3.05) is 0 Å². The summed E-state index contributed by atoms with van der Waals surface area (Å²) >= 11 is 0. The minimum atomic E-state index is 0.317. The average Bonchev–Trinajstić information content (AvgIpc) is 2.17. The van der Waals surface area contributed by atoms with Crippen LogP contribution in [-0.4, -0.2) is 0 Å². The molecule has 0 aromatic carbocycles. The van der Waals surface area contributed by atoms with Crippen molar-refractivity contribution in [2.24, 2.45) is 38.9 Å². The highest BCUT2D eigenvalue weighted by atomic mass is 14.5. The van der Waals surface area contributed by atoms with Gasteiger partial charge in [-0.2, -0.15) is 0 Å². The molecule has 2 atom stereocenters. The summed E-state index contributed by atoms with van der Waals surface area (Å²) in [6, 6.07) is 0. The third kappa shape index (κ3) is 7.61. The minimum absolute atomic E-state index is 0.317. The molecule has 0 aromatic rings. The molecule has 0 aromatic heterocycles. The van der Waals surface area contributed by atoms with Crippen LogP contribution in [0.2, 0.25) is 0 Å². The van der Waals surface area contributed by atoms with Crippen LogP contribution in [0.5, 0.6) is 0 Å². The van der Waals surface area contributed by atoms with Gasteiger partial charge in [-0.25, -0.2) is 0 Å². The molecule has 0 amide bonds. The van der Waals surface area contributed by atoms with Gasteiger partial charge in [0.1, 0.15) is 0 Å². The molecule has 0 nitrogen and oxygen atoms in total. The van der Waals surface area contributed by atoms with E-state index in [1.54, 1.807) is 0 Å². The average molecular weight is 325 g/mol. The van der Waals surface area contributed by atoms with Crippen molar-refractivity contribution in [1.82, 2.24) is 0 Å². The molecule has 0 rings (SSSR count). The van der Waals surface area contributed by atoms with E-state index in [-0.39, 0.29) is 0 Å². The lowest BCUT2D eigenvalue weighted by atomic mass is 9.51. The van der Waals surface area contributed by atoms with Gasteiger partial charge in [0.2, 0.25) is 0 Å². The van der Waals surface area contributed by atoms with Crippen LogP contribution in [-0.2, 0) is 0 Å². The highest BCUT2D eigenvalue weighted by Gasteiger charge is 2.48. The van der Waals surface area contributed by atoms with Gasteiger partial charge in [-0.3, -0.25) is 0 Å². The van der Waals surface area contributed by atoms with Gasteiger partial charge in [0.05, 0.1) is 0 Å². The van der Waals surface area contributed by atoms with Crippen LogP contribution in [0.15, 0.2) is 0 Å². The lowest BCUT2D eigenvalue weighted by Crippen LogP contribution is -2.47. The Bertz CT molecular complexity index is 321. The van der Waals surface area contributed by atoms with Crippen LogP contribution in [0.1, 0.15) is 110 Å². The summed E-state index contributed by atoms with van der Waals surface area (Å²) in [5.41, 5.74) is 1.73. The zero-order chi connectivity index (χ0) is 19.1. The Morgan fingerprint density at radius 1 is 0.435 bits per heavy atom. The molecule has 0 N–H and O–H groups in total. The van der Waals surface area contributed by atoms with Gasteiger partial charge in [0, 0.05) is 0 Å². The van der Waals surface area contributed by atoms with Crippen LogP contribution in [0.3, 0.4) is 0 Å². The fraction of sp³-hybridized carbons (Fsp3) is 1.00. The molecule has 2 unspecified atom stereocenters. The Kier molecular flexibility index (Phi) is 6.72. The van der Waals surface area contributed by atoms with Gasteiger partial charge in [0.25, 0.3) is 0 Å². The fourth-order valence-corrected chi connectivity index (χ4v) is 4.84. The van der Waals surface area contributed by atoms with Crippen molar-refractivity contribution in [3.8, 4) is 0 Å². The fourth-order valence-electron chi connectivity index (χ4n) is 4.84. The molecule has 0 spiro atoms. The Balaban J connectivity index is 5.95. The molecule has 23 heavy (non-hydrogen) atoms. The van der Waals surface area contributed by atoms with Crippen LogP contribution in [0.4, 0.5) is 0 Å². The SMILES string of the molecule is CC(C)(C)CC(C(C)(C)C)C(C)(C)C(CC(C)(C)C)C(C)(C)C. The maximum absolute atomic E-state index is 2.55. The highest BCUT2D eigenvalue weighted by molar-refractivity contribution is 4.97. The number of rotatable bonds is 4. The van der Waals surface area contributed by atoms with Crippen LogP contribution in [0, 0.1) is 38.9 Å². The van der Waals surface area contributed by atoms with E-state index in [4.69, 9.17) is 0 Å². The van der Waals surface area contributed by atoms with Crippen molar-refractivity contribution >= 4 is 0 Å². The molecule has 0 heterocycles. The van der Waals surface area contributed by atoms with Crippen molar-refractivity contribution in [1.29, 1.82) is 0 Å². The summed E-state index contributed by atoms with van der Waals surface area (Å²) in [5.74, 6) is 1.42. The van der Waals surface area contributed by atoms with E-state index < -0.39 is 0 Å². The van der Waals surface area contributed by atoms with Gasteiger partial charge in [0.15, 0.2) is 0 Å². The van der Waals surface area contributed by atoms with Gasteiger partial charge >= 0.3 is 0 Å². The smallest absolute Gasteiger partial charge is 0.0287 e. The summed E-state index contributed by atoms with van der Waals surface area (Å²) in [6.07, 6.45) is 2.58. The van der Waals surface area contributed by atoms with Crippen molar-refractivity contribution in [3.05, 3.63) is 0 Å². The molecule has 0 heteroatoms.